The van der Waals surface area contributed by atoms with Gasteiger partial charge in [0.15, 0.2) is 5.11 Å². The van der Waals surface area contributed by atoms with E-state index in [-0.39, 0.29) is 24.4 Å². The van der Waals surface area contributed by atoms with Crippen molar-refractivity contribution in [3.05, 3.63) is 24.3 Å². The number of benzene rings is 1. The Hall–Kier alpha value is -1.90. The molecule has 1 aliphatic heterocycles. The van der Waals surface area contributed by atoms with Crippen LogP contribution in [0.25, 0.3) is 0 Å². The fraction of sp³-hybridized carbons (Fsp3) is 0.619. The first-order chi connectivity index (χ1) is 13.9. The first-order valence-corrected chi connectivity index (χ1v) is 10.8. The molecule has 3 aliphatic rings. The number of aliphatic hydroxyl groups excluding tert-OH is 2. The molecule has 0 spiro atoms. The summed E-state index contributed by atoms with van der Waals surface area (Å²) in [5, 5.41) is 27.8. The van der Waals surface area contributed by atoms with Crippen molar-refractivity contribution in [1.82, 2.24) is 10.6 Å². The van der Waals surface area contributed by atoms with E-state index in [0.717, 1.165) is 37.1 Å². The highest BCUT2D eigenvalue weighted by Gasteiger charge is 2.54. The van der Waals surface area contributed by atoms with E-state index in [2.05, 4.69) is 10.6 Å². The average Bonchev–Trinajstić information content (AvgIpc) is 3.32. The molecule has 2 aliphatic carbocycles. The predicted molar refractivity (Wildman–Crippen MR) is 117 cm³/mol. The molecule has 5 atom stereocenters. The second-order valence-corrected chi connectivity index (χ2v) is 9.02. The summed E-state index contributed by atoms with van der Waals surface area (Å²) >= 11 is 5.58. The number of aliphatic hydroxyl groups is 2. The van der Waals surface area contributed by atoms with Crippen LogP contribution in [0.2, 0.25) is 0 Å². The fourth-order valence-electron chi connectivity index (χ4n) is 4.93. The summed E-state index contributed by atoms with van der Waals surface area (Å²) in [4.78, 5) is 17.1. The minimum Gasteiger partial charge on any atom is -0.390 e. The van der Waals surface area contributed by atoms with E-state index in [9.17, 15) is 15.0 Å². The van der Waals surface area contributed by atoms with E-state index in [0.29, 0.717) is 5.11 Å². The first-order valence-electron chi connectivity index (χ1n) is 10.4. The number of hydrogen-bond acceptors (Lipinski definition) is 5. The number of thiocarbonyl (C=S) groups is 1. The lowest BCUT2D eigenvalue weighted by atomic mass is 9.77. The van der Waals surface area contributed by atoms with E-state index >= 15 is 0 Å². The fourth-order valence-corrected chi connectivity index (χ4v) is 5.29. The zero-order chi connectivity index (χ0) is 20.7. The molecule has 0 radical (unpaired) electrons. The van der Waals surface area contributed by atoms with Crippen molar-refractivity contribution in [3.8, 4) is 0 Å². The molecular weight excluding hydrogens is 388 g/mol. The van der Waals surface area contributed by atoms with Gasteiger partial charge in [0, 0.05) is 31.5 Å². The van der Waals surface area contributed by atoms with Crippen LogP contribution in [0.1, 0.15) is 32.1 Å². The SMILES string of the molecule is CN(C)c1ccc(N2C(=S)NC3C(O)C(O)CC(C(=O)NC4CCCC4)C32)cc1. The van der Waals surface area contributed by atoms with Gasteiger partial charge in [0.25, 0.3) is 0 Å². The van der Waals surface area contributed by atoms with Gasteiger partial charge in [-0.2, -0.15) is 0 Å². The van der Waals surface area contributed by atoms with Crippen LogP contribution in [-0.2, 0) is 4.79 Å². The summed E-state index contributed by atoms with van der Waals surface area (Å²) in [7, 11) is 3.96. The second kappa shape index (κ2) is 8.08. The molecule has 1 heterocycles. The number of carbonyl (C=O) groups excluding carboxylic acids is 1. The molecule has 158 valence electrons. The van der Waals surface area contributed by atoms with Crippen LogP contribution in [0.15, 0.2) is 24.3 Å². The van der Waals surface area contributed by atoms with Gasteiger partial charge in [0.2, 0.25) is 5.91 Å². The van der Waals surface area contributed by atoms with E-state index in [1.807, 2.05) is 48.2 Å². The molecule has 0 bridgehead atoms. The minimum absolute atomic E-state index is 0.0562. The summed E-state index contributed by atoms with van der Waals surface area (Å²) in [5.41, 5.74) is 1.95. The Morgan fingerprint density at radius 3 is 2.48 bits per heavy atom. The smallest absolute Gasteiger partial charge is 0.225 e. The van der Waals surface area contributed by atoms with Gasteiger partial charge in [-0.1, -0.05) is 12.8 Å². The van der Waals surface area contributed by atoms with E-state index in [1.54, 1.807) is 0 Å². The summed E-state index contributed by atoms with van der Waals surface area (Å²) in [6.45, 7) is 0. The number of hydrogen-bond donors (Lipinski definition) is 4. The standard InChI is InChI=1S/C21H30N4O3S/c1-24(2)13-7-9-14(10-8-13)25-18-15(20(28)22-12-5-3-4-6-12)11-16(26)19(27)17(18)23-21(25)29/h7-10,12,15-19,26-27H,3-6,11H2,1-2H3,(H,22,28)(H,23,29). The van der Waals surface area contributed by atoms with Crippen molar-refractivity contribution in [1.29, 1.82) is 0 Å². The van der Waals surface area contributed by atoms with Gasteiger partial charge in [-0.15, -0.1) is 0 Å². The number of rotatable bonds is 4. The Morgan fingerprint density at radius 2 is 1.86 bits per heavy atom. The third-order valence-electron chi connectivity index (χ3n) is 6.53. The Balaban J connectivity index is 1.63. The van der Waals surface area contributed by atoms with E-state index < -0.39 is 24.2 Å². The quantitative estimate of drug-likeness (QED) is 0.542. The molecule has 29 heavy (non-hydrogen) atoms. The van der Waals surface area contributed by atoms with Crippen LogP contribution in [0.4, 0.5) is 11.4 Å². The van der Waals surface area contributed by atoms with Gasteiger partial charge >= 0.3 is 0 Å². The van der Waals surface area contributed by atoms with Gasteiger partial charge in [0.05, 0.1) is 24.1 Å². The average molecular weight is 419 g/mol. The van der Waals surface area contributed by atoms with Crippen LogP contribution in [-0.4, -0.2) is 65.7 Å². The summed E-state index contributed by atoms with van der Waals surface area (Å²) in [5.74, 6) is -0.514. The molecule has 5 unspecified atom stereocenters. The van der Waals surface area contributed by atoms with Gasteiger partial charge in [0.1, 0.15) is 6.10 Å². The summed E-state index contributed by atoms with van der Waals surface area (Å²) in [6, 6.07) is 7.36. The van der Waals surface area contributed by atoms with Crippen LogP contribution < -0.4 is 20.4 Å². The lowest BCUT2D eigenvalue weighted by Crippen LogP contribution is -2.61. The molecule has 1 aromatic carbocycles. The normalized spacial score (nSPS) is 32.1. The van der Waals surface area contributed by atoms with Crippen LogP contribution >= 0.6 is 12.2 Å². The predicted octanol–water partition coefficient (Wildman–Crippen LogP) is 0.985. The number of nitrogens with one attached hydrogen (secondary N) is 2. The maximum atomic E-state index is 13.2. The third-order valence-corrected chi connectivity index (χ3v) is 6.84. The lowest BCUT2D eigenvalue weighted by Gasteiger charge is -2.41. The van der Waals surface area contributed by atoms with Crippen molar-refractivity contribution < 1.29 is 15.0 Å². The number of fused-ring (bicyclic) bond motifs is 1. The van der Waals surface area contributed by atoms with Crippen molar-refractivity contribution in [3.63, 3.8) is 0 Å². The minimum atomic E-state index is -0.973. The zero-order valence-corrected chi connectivity index (χ0v) is 17.7. The third kappa shape index (κ3) is 3.81. The highest BCUT2D eigenvalue weighted by molar-refractivity contribution is 7.80. The lowest BCUT2D eigenvalue weighted by molar-refractivity contribution is -0.131. The molecule has 4 rings (SSSR count). The monoisotopic (exact) mass is 418 g/mol. The van der Waals surface area contributed by atoms with Crippen LogP contribution in [0.5, 0.6) is 0 Å². The van der Waals surface area contributed by atoms with Gasteiger partial charge in [-0.3, -0.25) is 4.79 Å². The Morgan fingerprint density at radius 1 is 1.21 bits per heavy atom. The molecule has 3 fully saturated rings. The summed E-state index contributed by atoms with van der Waals surface area (Å²) in [6.07, 6.45) is 2.57. The molecule has 2 saturated carbocycles. The van der Waals surface area contributed by atoms with Crippen molar-refractivity contribution in [2.45, 2.75) is 62.4 Å². The topological polar surface area (TPSA) is 88.1 Å². The van der Waals surface area contributed by atoms with Crippen molar-refractivity contribution in [2.75, 3.05) is 23.9 Å². The maximum absolute atomic E-state index is 13.2. The van der Waals surface area contributed by atoms with Gasteiger partial charge in [-0.05, 0) is 55.7 Å². The highest BCUT2D eigenvalue weighted by Crippen LogP contribution is 2.37. The molecule has 7 nitrogen and oxygen atoms in total. The first kappa shape index (κ1) is 20.4. The van der Waals surface area contributed by atoms with Crippen molar-refractivity contribution >= 4 is 34.6 Å². The number of carbonyl (C=O) groups is 1. The van der Waals surface area contributed by atoms with E-state index in [4.69, 9.17) is 12.2 Å². The second-order valence-electron chi connectivity index (χ2n) is 8.64. The van der Waals surface area contributed by atoms with E-state index in [1.165, 1.54) is 0 Å². The molecule has 1 aromatic rings. The maximum Gasteiger partial charge on any atom is 0.225 e. The largest absolute Gasteiger partial charge is 0.390 e. The molecule has 0 aromatic heterocycles. The van der Waals surface area contributed by atoms with Crippen LogP contribution in [0.3, 0.4) is 0 Å². The highest BCUT2D eigenvalue weighted by atomic mass is 32.1. The number of nitrogens with zero attached hydrogens (tertiary/aromatic N) is 2. The zero-order valence-electron chi connectivity index (χ0n) is 16.9. The van der Waals surface area contributed by atoms with Crippen LogP contribution in [0, 0.1) is 5.92 Å². The molecule has 1 saturated heterocycles. The number of amides is 1. The Kier molecular flexibility index (Phi) is 5.68. The van der Waals surface area contributed by atoms with Gasteiger partial charge in [-0.25, -0.2) is 0 Å². The molecule has 1 amide bonds. The van der Waals surface area contributed by atoms with Gasteiger partial charge < -0.3 is 30.6 Å². The number of anilines is 2. The summed E-state index contributed by atoms with van der Waals surface area (Å²) < 4.78 is 0. The van der Waals surface area contributed by atoms with Crippen molar-refractivity contribution in [2.24, 2.45) is 5.92 Å². The Labute approximate surface area is 177 Å². The molecular formula is C21H30N4O3S. The molecule has 8 heteroatoms. The molecule has 4 N–H and O–H groups in total. The Bertz CT molecular complexity index is 766.